The van der Waals surface area contributed by atoms with Crippen molar-refractivity contribution in [2.45, 2.75) is 62.6 Å². The molecule has 0 heterocycles. The minimum absolute atomic E-state index is 0.0492. The van der Waals surface area contributed by atoms with E-state index in [1.165, 1.54) is 17.0 Å². The number of hydrogen-bond acceptors (Lipinski definition) is 5. The van der Waals surface area contributed by atoms with Crippen molar-refractivity contribution in [3.63, 3.8) is 0 Å². The lowest BCUT2D eigenvalue weighted by atomic mass is 10.1. The fraction of sp³-hybridized carbons (Fsp3) is 0.355. The predicted octanol–water partition coefficient (Wildman–Crippen LogP) is 5.41. The van der Waals surface area contributed by atoms with Crippen LogP contribution in [0.4, 0.5) is 5.69 Å². The van der Waals surface area contributed by atoms with Crippen LogP contribution in [-0.4, -0.2) is 50.9 Å². The molecule has 0 spiro atoms. The molecule has 1 N–H and O–H groups in total. The van der Waals surface area contributed by atoms with Crippen molar-refractivity contribution < 1.29 is 22.7 Å². The number of carbonyl (C=O) groups excluding carboxylic acids is 2. The second kappa shape index (κ2) is 13.9. The standard InChI is InChI=1S/C31H36ClN3O5S/c1-3-29(31(37)33-25-11-7-8-12-25)34(21-23-10-9-13-27(20-23)40-2)30(36)22-35(26-18-16-24(32)17-19-26)41(38,39)28-14-5-4-6-15-28/h4-6,9-10,13-20,25,29H,3,7-8,11-12,21-22H2,1-2H3,(H,33,37)/t29-/m0/s1. The van der Waals surface area contributed by atoms with Gasteiger partial charge in [-0.05, 0) is 73.4 Å². The van der Waals surface area contributed by atoms with E-state index in [0.29, 0.717) is 17.2 Å². The minimum atomic E-state index is -4.13. The van der Waals surface area contributed by atoms with Crippen LogP contribution < -0.4 is 14.4 Å². The first-order valence-electron chi connectivity index (χ1n) is 13.8. The monoisotopic (exact) mass is 597 g/mol. The van der Waals surface area contributed by atoms with Gasteiger partial charge >= 0.3 is 0 Å². The van der Waals surface area contributed by atoms with Crippen molar-refractivity contribution in [3.8, 4) is 5.75 Å². The van der Waals surface area contributed by atoms with Gasteiger partial charge in [0.05, 0.1) is 17.7 Å². The maximum atomic E-state index is 14.2. The third-order valence-corrected chi connectivity index (χ3v) is 9.34. The van der Waals surface area contributed by atoms with Crippen LogP contribution in [0.5, 0.6) is 5.75 Å². The lowest BCUT2D eigenvalue weighted by Crippen LogP contribution is -2.53. The fourth-order valence-electron chi connectivity index (χ4n) is 5.11. The summed E-state index contributed by atoms with van der Waals surface area (Å²) in [5, 5.41) is 3.55. The number of amides is 2. The zero-order valence-corrected chi connectivity index (χ0v) is 24.9. The summed E-state index contributed by atoms with van der Waals surface area (Å²) in [7, 11) is -2.57. The lowest BCUT2D eigenvalue weighted by molar-refractivity contribution is -0.140. The summed E-state index contributed by atoms with van der Waals surface area (Å²) < 4.78 is 34.1. The van der Waals surface area contributed by atoms with Crippen molar-refractivity contribution in [1.82, 2.24) is 10.2 Å². The van der Waals surface area contributed by atoms with Gasteiger partial charge in [0.15, 0.2) is 0 Å². The van der Waals surface area contributed by atoms with E-state index in [4.69, 9.17) is 16.3 Å². The Hall–Kier alpha value is -3.56. The van der Waals surface area contributed by atoms with E-state index in [1.54, 1.807) is 61.7 Å². The van der Waals surface area contributed by atoms with Crippen LogP contribution in [0, 0.1) is 0 Å². The third-order valence-electron chi connectivity index (χ3n) is 7.30. The van der Waals surface area contributed by atoms with Gasteiger partial charge in [0.2, 0.25) is 11.8 Å². The zero-order chi connectivity index (χ0) is 29.4. The van der Waals surface area contributed by atoms with Crippen molar-refractivity contribution >= 4 is 39.1 Å². The molecule has 1 atom stereocenters. The Morgan fingerprint density at radius 3 is 2.32 bits per heavy atom. The molecule has 1 aliphatic carbocycles. The van der Waals surface area contributed by atoms with Gasteiger partial charge in [-0.25, -0.2) is 8.42 Å². The maximum absolute atomic E-state index is 14.2. The van der Waals surface area contributed by atoms with E-state index >= 15 is 0 Å². The number of hydrogen-bond donors (Lipinski definition) is 1. The predicted molar refractivity (Wildman–Crippen MR) is 160 cm³/mol. The smallest absolute Gasteiger partial charge is 0.264 e. The molecule has 1 aliphatic rings. The number of anilines is 1. The van der Waals surface area contributed by atoms with Gasteiger partial charge in [-0.1, -0.05) is 61.7 Å². The molecule has 0 aromatic heterocycles. The highest BCUT2D eigenvalue weighted by Crippen LogP contribution is 2.27. The first kappa shape index (κ1) is 30.4. The largest absolute Gasteiger partial charge is 0.497 e. The average molecular weight is 598 g/mol. The highest BCUT2D eigenvalue weighted by atomic mass is 35.5. The van der Waals surface area contributed by atoms with Gasteiger partial charge in [-0.2, -0.15) is 0 Å². The Balaban J connectivity index is 1.71. The van der Waals surface area contributed by atoms with Crippen molar-refractivity contribution in [1.29, 1.82) is 0 Å². The molecular weight excluding hydrogens is 562 g/mol. The summed E-state index contributed by atoms with van der Waals surface area (Å²) in [4.78, 5) is 29.2. The highest BCUT2D eigenvalue weighted by Gasteiger charge is 2.34. The van der Waals surface area contributed by atoms with Gasteiger partial charge in [0.25, 0.3) is 10.0 Å². The molecule has 1 saturated carbocycles. The number of halogens is 1. The van der Waals surface area contributed by atoms with Gasteiger partial charge in [0, 0.05) is 17.6 Å². The molecule has 0 radical (unpaired) electrons. The molecule has 4 rings (SSSR count). The Morgan fingerprint density at radius 2 is 1.68 bits per heavy atom. The lowest BCUT2D eigenvalue weighted by Gasteiger charge is -2.33. The number of rotatable bonds is 12. The van der Waals surface area contributed by atoms with E-state index in [2.05, 4.69) is 5.32 Å². The van der Waals surface area contributed by atoms with Crippen LogP contribution in [0.1, 0.15) is 44.6 Å². The maximum Gasteiger partial charge on any atom is 0.264 e. The molecule has 0 bridgehead atoms. The second-order valence-electron chi connectivity index (χ2n) is 10.1. The highest BCUT2D eigenvalue weighted by molar-refractivity contribution is 7.92. The number of nitrogens with one attached hydrogen (secondary N) is 1. The summed E-state index contributed by atoms with van der Waals surface area (Å²) >= 11 is 6.09. The number of benzene rings is 3. The number of sulfonamides is 1. The van der Waals surface area contributed by atoms with Crippen molar-refractivity contribution in [3.05, 3.63) is 89.4 Å². The summed E-state index contributed by atoms with van der Waals surface area (Å²) in [6, 6.07) is 20.8. The van der Waals surface area contributed by atoms with Gasteiger partial charge in [-0.3, -0.25) is 13.9 Å². The van der Waals surface area contributed by atoms with Crippen molar-refractivity contribution in [2.24, 2.45) is 0 Å². The Bertz CT molecular complexity index is 1430. The molecule has 2 amide bonds. The van der Waals surface area contributed by atoms with Crippen LogP contribution >= 0.6 is 11.6 Å². The minimum Gasteiger partial charge on any atom is -0.497 e. The van der Waals surface area contributed by atoms with E-state index in [9.17, 15) is 18.0 Å². The van der Waals surface area contributed by atoms with Gasteiger partial charge < -0.3 is 15.0 Å². The summed E-state index contributed by atoms with van der Waals surface area (Å²) in [6.07, 6.45) is 4.29. The van der Waals surface area contributed by atoms with E-state index in [0.717, 1.165) is 35.6 Å². The molecule has 3 aromatic rings. The Morgan fingerprint density at radius 1 is 1.00 bits per heavy atom. The first-order chi connectivity index (χ1) is 19.7. The van der Waals surface area contributed by atoms with Gasteiger partial charge in [0.1, 0.15) is 18.3 Å². The molecule has 3 aromatic carbocycles. The third kappa shape index (κ3) is 7.59. The van der Waals surface area contributed by atoms with Crippen LogP contribution in [0.25, 0.3) is 0 Å². The molecule has 0 unspecified atom stereocenters. The zero-order valence-electron chi connectivity index (χ0n) is 23.3. The SMILES string of the molecule is CC[C@@H](C(=O)NC1CCCC1)N(Cc1cccc(OC)c1)C(=O)CN(c1ccc(Cl)cc1)S(=O)(=O)c1ccccc1. The molecule has 1 fully saturated rings. The van der Waals surface area contributed by atoms with Gasteiger partial charge in [-0.15, -0.1) is 0 Å². The number of nitrogens with zero attached hydrogens (tertiary/aromatic N) is 2. The van der Waals surface area contributed by atoms with E-state index < -0.39 is 28.5 Å². The summed E-state index contributed by atoms with van der Waals surface area (Å²) in [6.45, 7) is 1.45. The topological polar surface area (TPSA) is 96.0 Å². The summed E-state index contributed by atoms with van der Waals surface area (Å²) in [5.74, 6) is -0.122. The molecule has 0 aliphatic heterocycles. The molecule has 0 saturated heterocycles. The molecular formula is C31H36ClN3O5S. The molecule has 8 nitrogen and oxygen atoms in total. The van der Waals surface area contributed by atoms with Crippen molar-refractivity contribution in [2.75, 3.05) is 18.0 Å². The quantitative estimate of drug-likeness (QED) is 0.301. The number of carbonyl (C=O) groups is 2. The average Bonchev–Trinajstić information content (AvgIpc) is 3.49. The normalized spacial score (nSPS) is 14.3. The summed E-state index contributed by atoms with van der Waals surface area (Å²) in [5.41, 5.74) is 1.05. The van der Waals surface area contributed by atoms with Crippen LogP contribution in [0.2, 0.25) is 5.02 Å². The molecule has 10 heteroatoms. The van der Waals surface area contributed by atoms with Crippen LogP contribution in [-0.2, 0) is 26.2 Å². The number of ether oxygens (including phenoxy) is 1. The molecule has 218 valence electrons. The molecule has 41 heavy (non-hydrogen) atoms. The Labute approximate surface area is 247 Å². The Kier molecular flexibility index (Phi) is 10.3. The van der Waals surface area contributed by atoms with E-state index in [1.807, 2.05) is 19.1 Å². The van der Waals surface area contributed by atoms with E-state index in [-0.39, 0.29) is 29.1 Å². The first-order valence-corrected chi connectivity index (χ1v) is 15.6. The van der Waals surface area contributed by atoms with Crippen LogP contribution in [0.15, 0.2) is 83.8 Å². The van der Waals surface area contributed by atoms with Crippen LogP contribution in [0.3, 0.4) is 0 Å². The number of methoxy groups -OCH3 is 1. The second-order valence-corrected chi connectivity index (χ2v) is 12.4. The fourth-order valence-corrected chi connectivity index (χ4v) is 6.67.